The van der Waals surface area contributed by atoms with Crippen molar-refractivity contribution in [2.75, 3.05) is 5.32 Å². The van der Waals surface area contributed by atoms with Crippen LogP contribution in [0.1, 0.15) is 89.7 Å². The van der Waals surface area contributed by atoms with E-state index in [4.69, 9.17) is 5.10 Å². The summed E-state index contributed by atoms with van der Waals surface area (Å²) in [5, 5.41) is 21.3. The molecule has 2 fully saturated rings. The van der Waals surface area contributed by atoms with E-state index >= 15 is 0 Å². The van der Waals surface area contributed by atoms with Crippen molar-refractivity contribution in [1.29, 1.82) is 0 Å². The van der Waals surface area contributed by atoms with Gasteiger partial charge in [-0.1, -0.05) is 19.3 Å². The fourth-order valence-corrected chi connectivity index (χ4v) is 6.16. The molecule has 0 atom stereocenters. The second-order valence-electron chi connectivity index (χ2n) is 9.52. The summed E-state index contributed by atoms with van der Waals surface area (Å²) in [6.45, 7) is 2.00. The van der Waals surface area contributed by atoms with Crippen molar-refractivity contribution in [1.82, 2.24) is 20.1 Å². The number of rotatable bonds is 5. The fourth-order valence-electron chi connectivity index (χ4n) is 5.03. The lowest BCUT2D eigenvalue weighted by molar-refractivity contribution is 0.0863. The largest absolute Gasteiger partial charge is 0.393 e. The molecule has 8 nitrogen and oxygen atoms in total. The highest BCUT2D eigenvalue weighted by atomic mass is 32.1. The quantitative estimate of drug-likeness (QED) is 0.494. The van der Waals surface area contributed by atoms with Gasteiger partial charge in [0.15, 0.2) is 0 Å². The first-order valence-electron chi connectivity index (χ1n) is 12.2. The lowest BCUT2D eigenvalue weighted by atomic mass is 9.93. The van der Waals surface area contributed by atoms with Gasteiger partial charge in [0, 0.05) is 11.4 Å². The van der Waals surface area contributed by atoms with Crippen LogP contribution in [0.4, 0.5) is 5.69 Å². The van der Waals surface area contributed by atoms with E-state index in [1.807, 2.05) is 13.0 Å². The molecule has 3 N–H and O–H groups in total. The van der Waals surface area contributed by atoms with Crippen molar-refractivity contribution in [2.45, 2.75) is 82.9 Å². The number of anilines is 1. The van der Waals surface area contributed by atoms with E-state index in [2.05, 4.69) is 20.3 Å². The van der Waals surface area contributed by atoms with Gasteiger partial charge in [0.05, 0.1) is 34.6 Å². The molecule has 0 radical (unpaired) electrons. The topological polar surface area (TPSA) is 109 Å². The molecule has 2 aliphatic rings. The minimum absolute atomic E-state index is 0.0676. The molecule has 0 aliphatic heterocycles. The number of aliphatic hydroxyl groups excluding tert-OH is 1. The Hall–Kier alpha value is -2.78. The summed E-state index contributed by atoms with van der Waals surface area (Å²) in [6, 6.07) is 5.73. The van der Waals surface area contributed by atoms with Gasteiger partial charge in [0.25, 0.3) is 11.8 Å². The normalized spacial score (nSPS) is 21.5. The standard InChI is InChI=1S/C25H31N5O3S/c1-15-20-13-22(34-25(20)30(29-15)18-5-3-2-4-6-18)24(33)28-17-9-12-21(26-14-17)23(32)27-16-7-10-19(31)11-8-16/h9,12-14,16,18-19,31H,2-8,10-11H2,1H3,(H,27,32)(H,28,33)/t16-,19-. The molecule has 0 unspecified atom stereocenters. The van der Waals surface area contributed by atoms with E-state index in [0.29, 0.717) is 35.1 Å². The van der Waals surface area contributed by atoms with Crippen LogP contribution in [0.5, 0.6) is 0 Å². The smallest absolute Gasteiger partial charge is 0.270 e. The summed E-state index contributed by atoms with van der Waals surface area (Å²) in [7, 11) is 0. The first kappa shape index (κ1) is 23.0. The number of hydrogen-bond donors (Lipinski definition) is 3. The average Bonchev–Trinajstić information content (AvgIpc) is 3.42. The molecule has 2 saturated carbocycles. The number of aryl methyl sites for hydroxylation is 1. The lowest BCUT2D eigenvalue weighted by Crippen LogP contribution is -2.38. The summed E-state index contributed by atoms with van der Waals surface area (Å²) in [6.07, 6.45) is 10.2. The summed E-state index contributed by atoms with van der Waals surface area (Å²) in [5.41, 5.74) is 1.82. The molecule has 0 bridgehead atoms. The van der Waals surface area contributed by atoms with Crippen molar-refractivity contribution in [2.24, 2.45) is 0 Å². The minimum Gasteiger partial charge on any atom is -0.393 e. The molecule has 34 heavy (non-hydrogen) atoms. The number of aliphatic hydroxyl groups is 1. The van der Waals surface area contributed by atoms with Gasteiger partial charge in [-0.05, 0) is 63.6 Å². The van der Waals surface area contributed by atoms with E-state index in [-0.39, 0.29) is 24.0 Å². The molecule has 2 amide bonds. The third-order valence-corrected chi connectivity index (χ3v) is 8.12. The molecule has 180 valence electrons. The number of aromatic nitrogens is 3. The third-order valence-electron chi connectivity index (χ3n) is 7.00. The number of amides is 2. The molecule has 9 heteroatoms. The van der Waals surface area contributed by atoms with Gasteiger partial charge in [0.1, 0.15) is 10.5 Å². The van der Waals surface area contributed by atoms with Crippen LogP contribution in [0.3, 0.4) is 0 Å². The second-order valence-corrected chi connectivity index (χ2v) is 10.5. The van der Waals surface area contributed by atoms with E-state index in [9.17, 15) is 14.7 Å². The first-order chi connectivity index (χ1) is 16.5. The number of pyridine rings is 1. The summed E-state index contributed by atoms with van der Waals surface area (Å²) in [5.74, 6) is -0.415. The number of thiophene rings is 1. The van der Waals surface area contributed by atoms with E-state index in [0.717, 1.165) is 41.6 Å². The van der Waals surface area contributed by atoms with Gasteiger partial charge >= 0.3 is 0 Å². The Kier molecular flexibility index (Phi) is 6.65. The maximum Gasteiger partial charge on any atom is 0.270 e. The van der Waals surface area contributed by atoms with Crippen LogP contribution in [-0.4, -0.2) is 43.8 Å². The molecule has 3 heterocycles. The lowest BCUT2D eigenvalue weighted by Gasteiger charge is -2.26. The molecular formula is C25H31N5O3S. The predicted molar refractivity (Wildman–Crippen MR) is 132 cm³/mol. The Labute approximate surface area is 202 Å². The van der Waals surface area contributed by atoms with Crippen LogP contribution < -0.4 is 10.6 Å². The van der Waals surface area contributed by atoms with Gasteiger partial charge in [-0.2, -0.15) is 5.10 Å². The van der Waals surface area contributed by atoms with Gasteiger partial charge in [-0.25, -0.2) is 4.98 Å². The number of fused-ring (bicyclic) bond motifs is 1. The summed E-state index contributed by atoms with van der Waals surface area (Å²) >= 11 is 1.48. The zero-order chi connectivity index (χ0) is 23.7. The Balaban J connectivity index is 1.24. The Morgan fingerprint density at radius 3 is 2.53 bits per heavy atom. The van der Waals surface area contributed by atoms with Gasteiger partial charge in [-0.15, -0.1) is 11.3 Å². The van der Waals surface area contributed by atoms with Crippen LogP contribution in [-0.2, 0) is 0 Å². The molecule has 0 spiro atoms. The molecule has 0 aromatic carbocycles. The number of carbonyl (C=O) groups excluding carboxylic acids is 2. The summed E-state index contributed by atoms with van der Waals surface area (Å²) in [4.78, 5) is 31.4. The van der Waals surface area contributed by atoms with Gasteiger partial charge in [-0.3, -0.25) is 14.3 Å². The first-order valence-corrected chi connectivity index (χ1v) is 13.0. The van der Waals surface area contributed by atoms with E-state index in [1.165, 1.54) is 36.8 Å². The number of hydrogen-bond acceptors (Lipinski definition) is 6. The average molecular weight is 482 g/mol. The SMILES string of the molecule is Cc1nn(C2CCCCC2)c2sc(C(=O)Nc3ccc(C(=O)N[C@H]4CC[C@H](O)CC4)nc3)cc12. The zero-order valence-electron chi connectivity index (χ0n) is 19.4. The van der Waals surface area contributed by atoms with Crippen LogP contribution in [0, 0.1) is 6.92 Å². The number of carbonyl (C=O) groups is 2. The minimum atomic E-state index is -0.259. The van der Waals surface area contributed by atoms with Crippen LogP contribution >= 0.6 is 11.3 Å². The van der Waals surface area contributed by atoms with E-state index < -0.39 is 0 Å². The molecular weight excluding hydrogens is 450 g/mol. The monoisotopic (exact) mass is 481 g/mol. The van der Waals surface area contributed by atoms with Crippen molar-refractivity contribution >= 4 is 39.1 Å². The van der Waals surface area contributed by atoms with Gasteiger partial charge < -0.3 is 15.7 Å². The number of nitrogens with one attached hydrogen (secondary N) is 2. The van der Waals surface area contributed by atoms with Crippen molar-refractivity contribution in [3.05, 3.63) is 40.7 Å². The van der Waals surface area contributed by atoms with Crippen molar-refractivity contribution in [3.63, 3.8) is 0 Å². The maximum atomic E-state index is 12.9. The Morgan fingerprint density at radius 1 is 1.06 bits per heavy atom. The van der Waals surface area contributed by atoms with Crippen LogP contribution in [0.25, 0.3) is 10.2 Å². The molecule has 3 aromatic heterocycles. The Morgan fingerprint density at radius 2 is 1.82 bits per heavy atom. The van der Waals surface area contributed by atoms with Crippen molar-refractivity contribution < 1.29 is 14.7 Å². The fraction of sp³-hybridized carbons (Fsp3) is 0.520. The van der Waals surface area contributed by atoms with Crippen molar-refractivity contribution in [3.8, 4) is 0 Å². The predicted octanol–water partition coefficient (Wildman–Crippen LogP) is 4.59. The molecule has 2 aliphatic carbocycles. The molecule has 3 aromatic rings. The molecule has 0 saturated heterocycles. The molecule has 5 rings (SSSR count). The van der Waals surface area contributed by atoms with Crippen LogP contribution in [0.2, 0.25) is 0 Å². The number of nitrogens with zero attached hydrogens (tertiary/aromatic N) is 3. The van der Waals surface area contributed by atoms with Gasteiger partial charge in [0.2, 0.25) is 0 Å². The Bertz CT molecular complexity index is 1170. The second kappa shape index (κ2) is 9.84. The maximum absolute atomic E-state index is 12.9. The summed E-state index contributed by atoms with van der Waals surface area (Å²) < 4.78 is 2.13. The highest BCUT2D eigenvalue weighted by Crippen LogP contribution is 2.35. The third kappa shape index (κ3) is 4.86. The van der Waals surface area contributed by atoms with E-state index in [1.54, 1.807) is 12.1 Å². The highest BCUT2D eigenvalue weighted by molar-refractivity contribution is 7.20. The highest BCUT2D eigenvalue weighted by Gasteiger charge is 2.24. The zero-order valence-corrected chi connectivity index (χ0v) is 20.2. The van der Waals surface area contributed by atoms with Crippen LogP contribution in [0.15, 0.2) is 24.4 Å².